The van der Waals surface area contributed by atoms with Gasteiger partial charge in [-0.3, -0.25) is 0 Å². The van der Waals surface area contributed by atoms with Crippen LogP contribution in [0.3, 0.4) is 0 Å². The van der Waals surface area contributed by atoms with Gasteiger partial charge in [-0.2, -0.15) is 0 Å². The molecule has 0 heterocycles. The number of rotatable bonds is 1. The quantitative estimate of drug-likeness (QED) is 0.531. The summed E-state index contributed by atoms with van der Waals surface area (Å²) < 4.78 is 4.59. The molecule has 0 spiro atoms. The van der Waals surface area contributed by atoms with E-state index < -0.39 is 0 Å². The molecule has 0 aliphatic rings. The highest BCUT2D eigenvalue weighted by Gasteiger charge is 2.07. The van der Waals surface area contributed by atoms with Crippen molar-refractivity contribution in [2.24, 2.45) is 0 Å². The summed E-state index contributed by atoms with van der Waals surface area (Å²) in [5, 5.41) is 0. The second-order valence-electron chi connectivity index (χ2n) is 2.49. The van der Waals surface area contributed by atoms with Crippen LogP contribution in [-0.2, 0) is 4.74 Å². The zero-order chi connectivity index (χ0) is 9.14. The number of hydrogen-bond donors (Lipinski definition) is 1. The van der Waals surface area contributed by atoms with Gasteiger partial charge in [0.05, 0.1) is 12.7 Å². The summed E-state index contributed by atoms with van der Waals surface area (Å²) in [6.45, 7) is 1.85. The Bertz CT molecular complexity index is 307. The van der Waals surface area contributed by atoms with Crippen LogP contribution in [0, 0.1) is 6.92 Å². The molecule has 0 N–H and O–H groups in total. The van der Waals surface area contributed by atoms with E-state index in [0.717, 1.165) is 10.5 Å². The maximum Gasteiger partial charge on any atom is 0.338 e. The lowest BCUT2D eigenvalue weighted by Crippen LogP contribution is -2.03. The molecule has 0 fully saturated rings. The molecular weight excluding hydrogens is 172 g/mol. The molecule has 0 radical (unpaired) electrons. The SMILES string of the molecule is COC(=O)c1ccc(S)cc1C. The highest BCUT2D eigenvalue weighted by molar-refractivity contribution is 7.80. The first-order chi connectivity index (χ1) is 5.65. The van der Waals surface area contributed by atoms with E-state index in [-0.39, 0.29) is 5.97 Å². The number of aryl methyl sites for hydroxylation is 1. The van der Waals surface area contributed by atoms with Crippen LogP contribution in [0.4, 0.5) is 0 Å². The van der Waals surface area contributed by atoms with Gasteiger partial charge in [0.2, 0.25) is 0 Å². The molecule has 0 aliphatic heterocycles. The second kappa shape index (κ2) is 3.63. The second-order valence-corrected chi connectivity index (χ2v) is 3.01. The average molecular weight is 182 g/mol. The van der Waals surface area contributed by atoms with Crippen LogP contribution in [0.15, 0.2) is 23.1 Å². The van der Waals surface area contributed by atoms with E-state index in [1.54, 1.807) is 12.1 Å². The molecule has 3 heteroatoms. The zero-order valence-corrected chi connectivity index (χ0v) is 7.89. The Kier molecular flexibility index (Phi) is 2.76. The third kappa shape index (κ3) is 1.80. The molecule has 0 atom stereocenters. The van der Waals surface area contributed by atoms with Crippen LogP contribution in [0.1, 0.15) is 15.9 Å². The van der Waals surface area contributed by atoms with Crippen molar-refractivity contribution >= 4 is 18.6 Å². The van der Waals surface area contributed by atoms with E-state index in [4.69, 9.17) is 0 Å². The first-order valence-corrected chi connectivity index (χ1v) is 3.98. The van der Waals surface area contributed by atoms with Crippen LogP contribution in [-0.4, -0.2) is 13.1 Å². The van der Waals surface area contributed by atoms with Gasteiger partial charge in [-0.15, -0.1) is 12.6 Å². The third-order valence-electron chi connectivity index (χ3n) is 1.62. The van der Waals surface area contributed by atoms with Crippen molar-refractivity contribution in [1.29, 1.82) is 0 Å². The fourth-order valence-electron chi connectivity index (χ4n) is 0.987. The first-order valence-electron chi connectivity index (χ1n) is 3.53. The molecule has 64 valence electrons. The fraction of sp³-hybridized carbons (Fsp3) is 0.222. The van der Waals surface area contributed by atoms with Gasteiger partial charge in [-0.1, -0.05) is 0 Å². The number of ether oxygens (including phenoxy) is 1. The molecule has 1 rings (SSSR count). The molecule has 0 aliphatic carbocycles. The summed E-state index contributed by atoms with van der Waals surface area (Å²) >= 11 is 4.15. The average Bonchev–Trinajstić information content (AvgIpc) is 2.03. The number of carbonyl (C=O) groups excluding carboxylic acids is 1. The molecule has 0 aromatic heterocycles. The fourth-order valence-corrected chi connectivity index (χ4v) is 1.26. The van der Waals surface area contributed by atoms with Crippen LogP contribution in [0.5, 0.6) is 0 Å². The van der Waals surface area contributed by atoms with Gasteiger partial charge < -0.3 is 4.74 Å². The molecule has 0 amide bonds. The highest BCUT2D eigenvalue weighted by atomic mass is 32.1. The molecule has 0 saturated carbocycles. The molecule has 0 saturated heterocycles. The minimum absolute atomic E-state index is 0.305. The molecule has 2 nitrogen and oxygen atoms in total. The van der Waals surface area contributed by atoms with Crippen molar-refractivity contribution in [2.45, 2.75) is 11.8 Å². The molecule has 0 unspecified atom stereocenters. The van der Waals surface area contributed by atoms with Gasteiger partial charge in [0.1, 0.15) is 0 Å². The Morgan fingerprint density at radius 1 is 1.50 bits per heavy atom. The maximum absolute atomic E-state index is 11.1. The van der Waals surface area contributed by atoms with Gasteiger partial charge in [0.25, 0.3) is 0 Å². The van der Waals surface area contributed by atoms with Gasteiger partial charge >= 0.3 is 5.97 Å². The molecule has 0 bridgehead atoms. The van der Waals surface area contributed by atoms with Crippen molar-refractivity contribution in [3.8, 4) is 0 Å². The molecular formula is C9H10O2S. The van der Waals surface area contributed by atoms with Gasteiger partial charge in [-0.25, -0.2) is 4.79 Å². The Hall–Kier alpha value is -0.960. The standard InChI is InChI=1S/C9H10O2S/c1-6-5-7(12)3-4-8(6)9(10)11-2/h3-5,12H,1-2H3. The number of esters is 1. The van der Waals surface area contributed by atoms with E-state index in [9.17, 15) is 4.79 Å². The normalized spacial score (nSPS) is 9.58. The lowest BCUT2D eigenvalue weighted by Gasteiger charge is -2.03. The van der Waals surface area contributed by atoms with E-state index in [1.807, 2.05) is 13.0 Å². The Morgan fingerprint density at radius 3 is 2.67 bits per heavy atom. The van der Waals surface area contributed by atoms with E-state index in [2.05, 4.69) is 17.4 Å². The van der Waals surface area contributed by atoms with Gasteiger partial charge in [0, 0.05) is 4.90 Å². The van der Waals surface area contributed by atoms with E-state index in [0.29, 0.717) is 5.56 Å². The Labute approximate surface area is 77.0 Å². The largest absolute Gasteiger partial charge is 0.465 e. The van der Waals surface area contributed by atoms with Crippen molar-refractivity contribution in [2.75, 3.05) is 7.11 Å². The molecule has 1 aromatic carbocycles. The lowest BCUT2D eigenvalue weighted by molar-refractivity contribution is 0.0600. The summed E-state index contributed by atoms with van der Waals surface area (Å²) in [4.78, 5) is 11.9. The highest BCUT2D eigenvalue weighted by Crippen LogP contribution is 2.14. The minimum atomic E-state index is -0.305. The van der Waals surface area contributed by atoms with Crippen molar-refractivity contribution < 1.29 is 9.53 Å². The Morgan fingerprint density at radius 2 is 2.17 bits per heavy atom. The van der Waals surface area contributed by atoms with Gasteiger partial charge in [0.15, 0.2) is 0 Å². The van der Waals surface area contributed by atoms with Crippen LogP contribution >= 0.6 is 12.6 Å². The van der Waals surface area contributed by atoms with Crippen LogP contribution in [0.2, 0.25) is 0 Å². The van der Waals surface area contributed by atoms with Crippen LogP contribution < -0.4 is 0 Å². The monoisotopic (exact) mass is 182 g/mol. The third-order valence-corrected chi connectivity index (χ3v) is 1.89. The molecule has 1 aromatic rings. The minimum Gasteiger partial charge on any atom is -0.465 e. The van der Waals surface area contributed by atoms with Gasteiger partial charge in [-0.05, 0) is 30.7 Å². The van der Waals surface area contributed by atoms with E-state index >= 15 is 0 Å². The van der Waals surface area contributed by atoms with Crippen LogP contribution in [0.25, 0.3) is 0 Å². The first kappa shape index (κ1) is 9.13. The molecule has 12 heavy (non-hydrogen) atoms. The number of carbonyl (C=O) groups is 1. The van der Waals surface area contributed by atoms with Crippen molar-refractivity contribution in [1.82, 2.24) is 0 Å². The maximum atomic E-state index is 11.1. The van der Waals surface area contributed by atoms with E-state index in [1.165, 1.54) is 7.11 Å². The Balaban J connectivity index is 3.09. The number of benzene rings is 1. The number of methoxy groups -OCH3 is 1. The lowest BCUT2D eigenvalue weighted by atomic mass is 10.1. The smallest absolute Gasteiger partial charge is 0.338 e. The summed E-state index contributed by atoms with van der Waals surface area (Å²) in [5.74, 6) is -0.305. The topological polar surface area (TPSA) is 26.3 Å². The summed E-state index contributed by atoms with van der Waals surface area (Å²) in [6, 6.07) is 5.31. The van der Waals surface area contributed by atoms with Crippen molar-refractivity contribution in [3.63, 3.8) is 0 Å². The summed E-state index contributed by atoms with van der Waals surface area (Å²) in [5.41, 5.74) is 1.48. The number of hydrogen-bond acceptors (Lipinski definition) is 3. The number of thiol groups is 1. The van der Waals surface area contributed by atoms with Crippen molar-refractivity contribution in [3.05, 3.63) is 29.3 Å². The zero-order valence-electron chi connectivity index (χ0n) is 7.00. The summed E-state index contributed by atoms with van der Waals surface area (Å²) in [7, 11) is 1.37. The predicted octanol–water partition coefficient (Wildman–Crippen LogP) is 2.07. The predicted molar refractivity (Wildman–Crippen MR) is 49.8 cm³/mol. The summed E-state index contributed by atoms with van der Waals surface area (Å²) in [6.07, 6.45) is 0.